The predicted molar refractivity (Wildman–Crippen MR) is 71.7 cm³/mol. The van der Waals surface area contributed by atoms with Gasteiger partial charge >= 0.3 is 0 Å². The van der Waals surface area contributed by atoms with Gasteiger partial charge < -0.3 is 14.5 Å². The number of hydrogen-bond acceptors (Lipinski definition) is 3. The van der Waals surface area contributed by atoms with Crippen LogP contribution in [0, 0.1) is 6.92 Å². The van der Waals surface area contributed by atoms with E-state index in [9.17, 15) is 0 Å². The van der Waals surface area contributed by atoms with Crippen LogP contribution in [0.5, 0.6) is 5.75 Å². The van der Waals surface area contributed by atoms with Gasteiger partial charge in [0, 0.05) is 6.04 Å². The lowest BCUT2D eigenvalue weighted by Crippen LogP contribution is -2.17. The van der Waals surface area contributed by atoms with Crippen molar-refractivity contribution in [3.05, 3.63) is 53.5 Å². The maximum Gasteiger partial charge on any atom is 0.119 e. The Morgan fingerprint density at radius 3 is 2.78 bits per heavy atom. The Morgan fingerprint density at radius 1 is 1.28 bits per heavy atom. The highest BCUT2D eigenvalue weighted by molar-refractivity contribution is 5.30. The normalized spacial score (nSPS) is 12.4. The van der Waals surface area contributed by atoms with Gasteiger partial charge in [-0.25, -0.2) is 0 Å². The number of methoxy groups -OCH3 is 1. The second-order valence-electron chi connectivity index (χ2n) is 4.39. The van der Waals surface area contributed by atoms with Gasteiger partial charge in [-0.3, -0.25) is 0 Å². The molecule has 0 unspecified atom stereocenters. The zero-order valence-electron chi connectivity index (χ0n) is 11.1. The molecule has 0 aliphatic carbocycles. The summed E-state index contributed by atoms with van der Waals surface area (Å²) in [4.78, 5) is 0. The topological polar surface area (TPSA) is 34.4 Å². The maximum absolute atomic E-state index is 5.53. The SMILES string of the molecule is COc1cccc([C@H](C)NCc2ccc(C)o2)c1. The van der Waals surface area contributed by atoms with E-state index in [4.69, 9.17) is 9.15 Å². The van der Waals surface area contributed by atoms with E-state index in [1.165, 1.54) is 5.56 Å². The molecule has 1 N–H and O–H groups in total. The molecule has 18 heavy (non-hydrogen) atoms. The van der Waals surface area contributed by atoms with Gasteiger partial charge in [-0.05, 0) is 43.7 Å². The van der Waals surface area contributed by atoms with E-state index in [0.717, 1.165) is 23.8 Å². The number of ether oxygens (including phenoxy) is 1. The van der Waals surface area contributed by atoms with Crippen LogP contribution >= 0.6 is 0 Å². The van der Waals surface area contributed by atoms with E-state index >= 15 is 0 Å². The van der Waals surface area contributed by atoms with E-state index < -0.39 is 0 Å². The molecule has 0 fully saturated rings. The summed E-state index contributed by atoms with van der Waals surface area (Å²) in [7, 11) is 1.68. The molecule has 2 rings (SSSR count). The standard InChI is InChI=1S/C15H19NO2/c1-11-7-8-15(18-11)10-16-12(2)13-5-4-6-14(9-13)17-3/h4-9,12,16H,10H2,1-3H3/t12-/m0/s1. The molecule has 0 radical (unpaired) electrons. The van der Waals surface area contributed by atoms with Crippen molar-refractivity contribution in [1.82, 2.24) is 5.32 Å². The van der Waals surface area contributed by atoms with Crippen LogP contribution in [0.25, 0.3) is 0 Å². The van der Waals surface area contributed by atoms with E-state index in [1.54, 1.807) is 7.11 Å². The Hall–Kier alpha value is -1.74. The summed E-state index contributed by atoms with van der Waals surface area (Å²) in [6.45, 7) is 4.81. The summed E-state index contributed by atoms with van der Waals surface area (Å²) in [5, 5.41) is 3.43. The van der Waals surface area contributed by atoms with Gasteiger partial charge in [0.2, 0.25) is 0 Å². The molecule has 2 aromatic rings. The van der Waals surface area contributed by atoms with Crippen LogP contribution in [0.3, 0.4) is 0 Å². The molecule has 1 aromatic carbocycles. The van der Waals surface area contributed by atoms with E-state index in [-0.39, 0.29) is 6.04 Å². The number of furan rings is 1. The monoisotopic (exact) mass is 245 g/mol. The fraction of sp³-hybridized carbons (Fsp3) is 0.333. The first kappa shape index (κ1) is 12.7. The second kappa shape index (κ2) is 5.74. The van der Waals surface area contributed by atoms with Crippen molar-refractivity contribution in [3.8, 4) is 5.75 Å². The van der Waals surface area contributed by atoms with Crippen molar-refractivity contribution < 1.29 is 9.15 Å². The largest absolute Gasteiger partial charge is 0.497 e. The molecule has 0 bridgehead atoms. The zero-order valence-corrected chi connectivity index (χ0v) is 11.1. The summed E-state index contributed by atoms with van der Waals surface area (Å²) in [6.07, 6.45) is 0. The highest BCUT2D eigenvalue weighted by Crippen LogP contribution is 2.19. The molecule has 1 atom stereocenters. The van der Waals surface area contributed by atoms with E-state index in [1.807, 2.05) is 37.3 Å². The quantitative estimate of drug-likeness (QED) is 0.876. The molecular weight excluding hydrogens is 226 g/mol. The lowest BCUT2D eigenvalue weighted by molar-refractivity contribution is 0.412. The zero-order chi connectivity index (χ0) is 13.0. The number of aryl methyl sites for hydroxylation is 1. The third-order valence-electron chi connectivity index (χ3n) is 2.97. The predicted octanol–water partition coefficient (Wildman–Crippen LogP) is 3.45. The second-order valence-corrected chi connectivity index (χ2v) is 4.39. The van der Waals surface area contributed by atoms with Gasteiger partial charge in [0.25, 0.3) is 0 Å². The van der Waals surface area contributed by atoms with Crippen molar-refractivity contribution in [2.75, 3.05) is 7.11 Å². The fourth-order valence-corrected chi connectivity index (χ4v) is 1.86. The third kappa shape index (κ3) is 3.14. The van der Waals surface area contributed by atoms with E-state index in [0.29, 0.717) is 0 Å². The van der Waals surface area contributed by atoms with Crippen LogP contribution in [-0.2, 0) is 6.54 Å². The number of hydrogen-bond donors (Lipinski definition) is 1. The van der Waals surface area contributed by atoms with Crippen molar-refractivity contribution >= 4 is 0 Å². The third-order valence-corrected chi connectivity index (χ3v) is 2.97. The average molecular weight is 245 g/mol. The van der Waals surface area contributed by atoms with Crippen molar-refractivity contribution in [1.29, 1.82) is 0 Å². The van der Waals surface area contributed by atoms with Gasteiger partial charge in [0.15, 0.2) is 0 Å². The average Bonchev–Trinajstić information content (AvgIpc) is 2.82. The number of nitrogens with one attached hydrogen (secondary N) is 1. The molecule has 1 aromatic heterocycles. The van der Waals surface area contributed by atoms with E-state index in [2.05, 4.69) is 18.3 Å². The first-order chi connectivity index (χ1) is 8.69. The Labute approximate surface area is 108 Å². The number of benzene rings is 1. The molecule has 1 heterocycles. The molecular formula is C15H19NO2. The Bertz CT molecular complexity index is 505. The Morgan fingerprint density at radius 2 is 2.11 bits per heavy atom. The molecule has 0 saturated heterocycles. The van der Waals surface area contributed by atoms with Crippen LogP contribution in [0.4, 0.5) is 0 Å². The van der Waals surface area contributed by atoms with Gasteiger partial charge in [0.1, 0.15) is 17.3 Å². The van der Waals surface area contributed by atoms with Gasteiger partial charge in [-0.1, -0.05) is 12.1 Å². The molecule has 0 spiro atoms. The molecule has 3 nitrogen and oxygen atoms in total. The molecule has 3 heteroatoms. The van der Waals surface area contributed by atoms with Crippen LogP contribution < -0.4 is 10.1 Å². The van der Waals surface area contributed by atoms with Crippen LogP contribution in [0.1, 0.15) is 30.0 Å². The molecule has 0 saturated carbocycles. The lowest BCUT2D eigenvalue weighted by Gasteiger charge is -2.14. The summed E-state index contributed by atoms with van der Waals surface area (Å²) in [5.74, 6) is 2.79. The summed E-state index contributed by atoms with van der Waals surface area (Å²) >= 11 is 0. The lowest BCUT2D eigenvalue weighted by atomic mass is 10.1. The van der Waals surface area contributed by atoms with Gasteiger partial charge in [-0.15, -0.1) is 0 Å². The first-order valence-corrected chi connectivity index (χ1v) is 6.11. The van der Waals surface area contributed by atoms with Crippen LogP contribution in [-0.4, -0.2) is 7.11 Å². The van der Waals surface area contributed by atoms with Crippen LogP contribution in [0.2, 0.25) is 0 Å². The minimum atomic E-state index is 0.255. The fourth-order valence-electron chi connectivity index (χ4n) is 1.86. The summed E-state index contributed by atoms with van der Waals surface area (Å²) in [6, 6.07) is 12.3. The minimum Gasteiger partial charge on any atom is -0.497 e. The molecule has 0 aliphatic heterocycles. The highest BCUT2D eigenvalue weighted by Gasteiger charge is 2.07. The Kier molecular flexibility index (Phi) is 4.05. The summed E-state index contributed by atoms with van der Waals surface area (Å²) in [5.41, 5.74) is 1.21. The van der Waals surface area contributed by atoms with Gasteiger partial charge in [-0.2, -0.15) is 0 Å². The molecule has 0 amide bonds. The van der Waals surface area contributed by atoms with Crippen molar-refractivity contribution in [3.63, 3.8) is 0 Å². The van der Waals surface area contributed by atoms with Crippen LogP contribution in [0.15, 0.2) is 40.8 Å². The Balaban J connectivity index is 1.96. The van der Waals surface area contributed by atoms with Crippen molar-refractivity contribution in [2.45, 2.75) is 26.4 Å². The first-order valence-electron chi connectivity index (χ1n) is 6.11. The smallest absolute Gasteiger partial charge is 0.119 e. The maximum atomic E-state index is 5.53. The minimum absolute atomic E-state index is 0.255. The van der Waals surface area contributed by atoms with Gasteiger partial charge in [0.05, 0.1) is 13.7 Å². The number of rotatable bonds is 5. The molecule has 0 aliphatic rings. The molecule has 96 valence electrons. The summed E-state index contributed by atoms with van der Waals surface area (Å²) < 4.78 is 10.8. The van der Waals surface area contributed by atoms with Crippen molar-refractivity contribution in [2.24, 2.45) is 0 Å². The highest BCUT2D eigenvalue weighted by atomic mass is 16.5.